The Hall–Kier alpha value is -1.14. The molecule has 0 atom stereocenters. The monoisotopic (exact) mass is 283 g/mol. The first-order valence-electron chi connectivity index (χ1n) is 6.77. The van der Waals surface area contributed by atoms with Crippen molar-refractivity contribution in [3.05, 3.63) is 11.3 Å². The molecule has 2 heterocycles. The van der Waals surface area contributed by atoms with E-state index in [4.69, 9.17) is 5.11 Å². The molecule has 0 radical (unpaired) electrons. The molecule has 1 fully saturated rings. The topological polar surface area (TPSA) is 65.5 Å². The van der Waals surface area contributed by atoms with E-state index in [9.17, 15) is 4.79 Å². The summed E-state index contributed by atoms with van der Waals surface area (Å²) >= 11 is 1.25. The summed E-state index contributed by atoms with van der Waals surface area (Å²) in [5, 5.41) is 13.1. The fourth-order valence-electron chi connectivity index (χ4n) is 2.49. The molecule has 0 aromatic carbocycles. The average Bonchev–Trinajstić information content (AvgIpc) is 2.78. The Morgan fingerprint density at radius 1 is 1.53 bits per heavy atom. The highest BCUT2D eigenvalue weighted by Gasteiger charge is 2.21. The van der Waals surface area contributed by atoms with Crippen molar-refractivity contribution in [1.82, 2.24) is 9.27 Å². The summed E-state index contributed by atoms with van der Waals surface area (Å²) in [4.78, 5) is 13.6. The van der Waals surface area contributed by atoms with Crippen LogP contribution in [0.25, 0.3) is 0 Å². The average molecular weight is 283 g/mol. The van der Waals surface area contributed by atoms with Gasteiger partial charge in [-0.2, -0.15) is 4.37 Å². The Morgan fingerprint density at radius 2 is 2.21 bits per heavy atom. The van der Waals surface area contributed by atoms with Crippen LogP contribution in [-0.2, 0) is 0 Å². The highest BCUT2D eigenvalue weighted by atomic mass is 32.1. The van der Waals surface area contributed by atoms with Gasteiger partial charge in [-0.15, -0.1) is 0 Å². The second-order valence-corrected chi connectivity index (χ2v) is 5.81. The van der Waals surface area contributed by atoms with Crippen LogP contribution < -0.4 is 5.32 Å². The summed E-state index contributed by atoms with van der Waals surface area (Å²) in [5.41, 5.74) is 0.928. The molecule has 1 aromatic rings. The Kier molecular flexibility index (Phi) is 4.76. The van der Waals surface area contributed by atoms with E-state index in [-0.39, 0.29) is 0 Å². The highest BCUT2D eigenvalue weighted by molar-refractivity contribution is 7.10. The van der Waals surface area contributed by atoms with E-state index >= 15 is 0 Å². The number of carbonyl (C=O) groups is 1. The summed E-state index contributed by atoms with van der Waals surface area (Å²) in [6, 6.07) is 0. The standard InChI is InChI=1S/C13H21N3O2S/c1-3-16-6-4-10(5-7-16)8-14-12-11(13(17)18)9(2)15-19-12/h10,14H,3-8H2,1-2H3,(H,17,18). The molecule has 5 nitrogen and oxygen atoms in total. The quantitative estimate of drug-likeness (QED) is 0.868. The number of piperidine rings is 1. The van der Waals surface area contributed by atoms with Crippen LogP contribution in [0.5, 0.6) is 0 Å². The minimum atomic E-state index is -0.894. The van der Waals surface area contributed by atoms with Crippen LogP contribution in [0.15, 0.2) is 0 Å². The van der Waals surface area contributed by atoms with Crippen LogP contribution in [-0.4, -0.2) is 46.5 Å². The summed E-state index contributed by atoms with van der Waals surface area (Å²) in [6.07, 6.45) is 2.36. The fraction of sp³-hybridized carbons (Fsp3) is 0.692. The molecule has 0 aliphatic carbocycles. The van der Waals surface area contributed by atoms with Gasteiger partial charge in [0.05, 0.1) is 5.69 Å². The molecule has 19 heavy (non-hydrogen) atoms. The highest BCUT2D eigenvalue weighted by Crippen LogP contribution is 2.26. The zero-order valence-electron chi connectivity index (χ0n) is 11.5. The van der Waals surface area contributed by atoms with Gasteiger partial charge in [0.15, 0.2) is 0 Å². The van der Waals surface area contributed by atoms with Gasteiger partial charge in [-0.05, 0) is 56.9 Å². The van der Waals surface area contributed by atoms with Crippen molar-refractivity contribution < 1.29 is 9.90 Å². The Balaban J connectivity index is 1.88. The number of carboxylic acids is 1. The molecule has 2 N–H and O–H groups in total. The van der Waals surface area contributed by atoms with Gasteiger partial charge in [-0.1, -0.05) is 6.92 Å². The molecular weight excluding hydrogens is 262 g/mol. The predicted octanol–water partition coefficient (Wildman–Crippen LogP) is 2.29. The molecule has 0 spiro atoms. The molecule has 0 unspecified atom stereocenters. The van der Waals surface area contributed by atoms with E-state index in [0.717, 1.165) is 26.2 Å². The maximum atomic E-state index is 11.2. The third-order valence-electron chi connectivity index (χ3n) is 3.78. The molecule has 0 amide bonds. The van der Waals surface area contributed by atoms with Gasteiger partial charge in [0.2, 0.25) is 0 Å². The zero-order chi connectivity index (χ0) is 13.8. The van der Waals surface area contributed by atoms with Crippen molar-refractivity contribution in [2.24, 2.45) is 5.92 Å². The second kappa shape index (κ2) is 6.34. The summed E-state index contributed by atoms with van der Waals surface area (Å²) < 4.78 is 4.12. The lowest BCUT2D eigenvalue weighted by Gasteiger charge is -2.31. The Morgan fingerprint density at radius 3 is 2.79 bits per heavy atom. The van der Waals surface area contributed by atoms with E-state index in [2.05, 4.69) is 21.5 Å². The van der Waals surface area contributed by atoms with Crippen molar-refractivity contribution in [2.45, 2.75) is 26.7 Å². The van der Waals surface area contributed by atoms with Crippen LogP contribution in [0, 0.1) is 12.8 Å². The SMILES string of the molecule is CCN1CCC(CNc2snc(C)c2C(=O)O)CC1. The summed E-state index contributed by atoms with van der Waals surface area (Å²) in [5.74, 6) is -0.263. The van der Waals surface area contributed by atoms with Crippen LogP contribution in [0.2, 0.25) is 0 Å². The van der Waals surface area contributed by atoms with Crippen LogP contribution in [0.3, 0.4) is 0 Å². The van der Waals surface area contributed by atoms with Crippen LogP contribution >= 0.6 is 11.5 Å². The minimum absolute atomic E-state index is 0.330. The molecule has 6 heteroatoms. The van der Waals surface area contributed by atoms with Crippen LogP contribution in [0.4, 0.5) is 5.00 Å². The lowest BCUT2D eigenvalue weighted by atomic mass is 9.97. The normalized spacial score (nSPS) is 17.6. The number of aromatic nitrogens is 1. The molecule has 1 aliphatic rings. The van der Waals surface area contributed by atoms with Gasteiger partial charge in [0.25, 0.3) is 0 Å². The molecular formula is C13H21N3O2S. The van der Waals surface area contributed by atoms with E-state index in [1.54, 1.807) is 6.92 Å². The van der Waals surface area contributed by atoms with E-state index in [0.29, 0.717) is 22.2 Å². The van der Waals surface area contributed by atoms with E-state index < -0.39 is 5.97 Å². The van der Waals surface area contributed by atoms with Crippen molar-refractivity contribution in [3.63, 3.8) is 0 Å². The van der Waals surface area contributed by atoms with Crippen molar-refractivity contribution >= 4 is 22.5 Å². The van der Waals surface area contributed by atoms with E-state index in [1.807, 2.05) is 0 Å². The minimum Gasteiger partial charge on any atom is -0.478 e. The number of nitrogens with one attached hydrogen (secondary N) is 1. The zero-order valence-corrected chi connectivity index (χ0v) is 12.3. The first-order chi connectivity index (χ1) is 9.11. The van der Waals surface area contributed by atoms with Gasteiger partial charge < -0.3 is 15.3 Å². The maximum absolute atomic E-state index is 11.2. The second-order valence-electron chi connectivity index (χ2n) is 5.04. The third-order valence-corrected chi connectivity index (χ3v) is 4.68. The molecule has 1 aliphatic heterocycles. The predicted molar refractivity (Wildman–Crippen MR) is 77.1 cm³/mol. The smallest absolute Gasteiger partial charge is 0.340 e. The molecule has 0 bridgehead atoms. The first kappa shape index (κ1) is 14.3. The molecule has 2 rings (SSSR count). The maximum Gasteiger partial charge on any atom is 0.340 e. The summed E-state index contributed by atoms with van der Waals surface area (Å²) in [7, 11) is 0. The number of anilines is 1. The third kappa shape index (κ3) is 3.45. The van der Waals surface area contributed by atoms with Gasteiger partial charge >= 0.3 is 5.97 Å². The van der Waals surface area contributed by atoms with Crippen LogP contribution in [0.1, 0.15) is 35.8 Å². The number of rotatable bonds is 5. The lowest BCUT2D eigenvalue weighted by molar-refractivity contribution is 0.0697. The number of hydrogen-bond donors (Lipinski definition) is 2. The molecule has 106 valence electrons. The van der Waals surface area contributed by atoms with E-state index in [1.165, 1.54) is 24.4 Å². The van der Waals surface area contributed by atoms with Crippen molar-refractivity contribution in [3.8, 4) is 0 Å². The molecule has 0 saturated carbocycles. The van der Waals surface area contributed by atoms with Gasteiger partial charge in [-0.3, -0.25) is 0 Å². The lowest BCUT2D eigenvalue weighted by Crippen LogP contribution is -2.35. The largest absolute Gasteiger partial charge is 0.478 e. The number of hydrogen-bond acceptors (Lipinski definition) is 5. The number of carboxylic acid groups (broad SMARTS) is 1. The molecule has 1 saturated heterocycles. The Bertz CT molecular complexity index is 439. The number of aryl methyl sites for hydroxylation is 1. The number of likely N-dealkylation sites (tertiary alicyclic amines) is 1. The first-order valence-corrected chi connectivity index (χ1v) is 7.55. The van der Waals surface area contributed by atoms with Crippen molar-refractivity contribution in [2.75, 3.05) is 31.5 Å². The van der Waals surface area contributed by atoms with Gasteiger partial charge in [0.1, 0.15) is 10.6 Å². The fourth-order valence-corrected chi connectivity index (χ4v) is 3.28. The Labute approximate surface area is 117 Å². The summed E-state index contributed by atoms with van der Waals surface area (Å²) in [6.45, 7) is 8.20. The number of nitrogens with zero attached hydrogens (tertiary/aromatic N) is 2. The van der Waals surface area contributed by atoms with Gasteiger partial charge in [0, 0.05) is 6.54 Å². The van der Waals surface area contributed by atoms with Gasteiger partial charge in [-0.25, -0.2) is 4.79 Å². The number of aromatic carboxylic acids is 1. The van der Waals surface area contributed by atoms with Crippen molar-refractivity contribution in [1.29, 1.82) is 0 Å². The molecule has 1 aromatic heterocycles.